The topological polar surface area (TPSA) is 34.1 Å². The first-order chi connectivity index (χ1) is 7.14. The van der Waals surface area contributed by atoms with Crippen molar-refractivity contribution in [3.05, 3.63) is 12.2 Å². The highest BCUT2D eigenvalue weighted by Gasteiger charge is 2.38. The smallest absolute Gasteiger partial charge is 0.120 e. The van der Waals surface area contributed by atoms with Gasteiger partial charge in [-0.05, 0) is 11.1 Å². The van der Waals surface area contributed by atoms with E-state index >= 15 is 0 Å². The molecule has 0 aliphatic rings. The van der Waals surface area contributed by atoms with E-state index in [4.69, 9.17) is 0 Å². The molecule has 0 aromatic carbocycles. The maximum Gasteiger partial charge on any atom is 0.120 e. The van der Waals surface area contributed by atoms with Gasteiger partial charge in [-0.25, -0.2) is 9.59 Å². The fourth-order valence-electron chi connectivity index (χ4n) is 1.93. The number of rotatable bonds is 5. The fraction of sp³-hybridized carbons (Fsp3) is 0.667. The van der Waals surface area contributed by atoms with Crippen molar-refractivity contribution in [2.45, 2.75) is 50.4 Å². The van der Waals surface area contributed by atoms with Crippen molar-refractivity contribution in [2.24, 2.45) is 0 Å². The van der Waals surface area contributed by atoms with E-state index in [9.17, 15) is 9.59 Å². The minimum absolute atomic E-state index is 0.193. The molecule has 0 aliphatic carbocycles. The van der Waals surface area contributed by atoms with Gasteiger partial charge in [-0.1, -0.05) is 39.3 Å². The molecule has 2 unspecified atom stereocenters. The van der Waals surface area contributed by atoms with Crippen molar-refractivity contribution < 1.29 is 9.59 Å². The van der Waals surface area contributed by atoms with E-state index in [0.717, 1.165) is 0 Å². The average molecular weight is 254 g/mol. The van der Waals surface area contributed by atoms with Gasteiger partial charge in [0.15, 0.2) is 0 Å². The molecule has 0 saturated carbocycles. The Kier molecular flexibility index (Phi) is 5.37. The Morgan fingerprint density at radius 3 is 1.12 bits per heavy atom. The van der Waals surface area contributed by atoms with Crippen LogP contribution in [0.4, 0.5) is 0 Å². The van der Waals surface area contributed by atoms with Gasteiger partial charge in [0.2, 0.25) is 0 Å². The zero-order chi connectivity index (χ0) is 13.0. The van der Waals surface area contributed by atoms with E-state index in [2.05, 4.69) is 39.3 Å². The molecule has 0 aliphatic heterocycles. The van der Waals surface area contributed by atoms with E-state index in [-0.39, 0.29) is 11.1 Å². The lowest BCUT2D eigenvalue weighted by atomic mass is 10.3. The highest BCUT2D eigenvalue weighted by atomic mass is 28.3. The zero-order valence-electron chi connectivity index (χ0n) is 11.1. The summed E-state index contributed by atoms with van der Waals surface area (Å²) in [5.41, 5.74) is 0.385. The number of hydrogen-bond acceptors (Lipinski definition) is 2. The molecule has 0 bridgehead atoms. The second-order valence-corrected chi connectivity index (χ2v) is 17.2. The molecule has 0 spiro atoms. The van der Waals surface area contributed by atoms with Crippen LogP contribution in [0.2, 0.25) is 50.4 Å². The molecule has 0 saturated heterocycles. The first kappa shape index (κ1) is 15.3. The summed E-state index contributed by atoms with van der Waals surface area (Å²) in [6.07, 6.45) is 3.26. The SMILES string of the molecule is C[Si](C)(C)C(C=C=O)C(C=C=O)[Si](C)(C)C. The van der Waals surface area contributed by atoms with Crippen LogP contribution in [0, 0.1) is 0 Å². The van der Waals surface area contributed by atoms with Gasteiger partial charge in [0, 0.05) is 12.2 Å². The van der Waals surface area contributed by atoms with Crippen molar-refractivity contribution in [1.29, 1.82) is 0 Å². The Labute approximate surface area is 100 Å². The minimum atomic E-state index is -1.51. The van der Waals surface area contributed by atoms with Gasteiger partial charge in [0.05, 0.1) is 16.1 Å². The summed E-state index contributed by atoms with van der Waals surface area (Å²) in [7, 11) is -3.02. The molecular weight excluding hydrogens is 232 g/mol. The minimum Gasteiger partial charge on any atom is -0.234 e. The van der Waals surface area contributed by atoms with Crippen molar-refractivity contribution in [3.63, 3.8) is 0 Å². The summed E-state index contributed by atoms with van der Waals surface area (Å²) in [6.45, 7) is 13.3. The van der Waals surface area contributed by atoms with Crippen LogP contribution in [0.5, 0.6) is 0 Å². The number of hydrogen-bond donors (Lipinski definition) is 0. The summed E-state index contributed by atoms with van der Waals surface area (Å²) in [5.74, 6) is 3.83. The third-order valence-corrected chi connectivity index (χ3v) is 8.27. The zero-order valence-corrected chi connectivity index (χ0v) is 13.1. The first-order valence-electron chi connectivity index (χ1n) is 5.56. The molecule has 0 N–H and O–H groups in total. The lowest BCUT2D eigenvalue weighted by Gasteiger charge is -2.37. The Balaban J connectivity index is 5.45. The molecule has 2 atom stereocenters. The quantitative estimate of drug-likeness (QED) is 0.558. The Morgan fingerprint density at radius 2 is 1.00 bits per heavy atom. The Bertz CT molecular complexity index is 290. The molecular formula is C12H22O2Si2. The van der Waals surface area contributed by atoms with Crippen LogP contribution in [0.15, 0.2) is 12.2 Å². The van der Waals surface area contributed by atoms with Crippen molar-refractivity contribution >= 4 is 28.0 Å². The normalized spacial score (nSPS) is 15.6. The molecule has 0 radical (unpaired) electrons. The fourth-order valence-corrected chi connectivity index (χ4v) is 8.41. The van der Waals surface area contributed by atoms with Crippen LogP contribution in [0.3, 0.4) is 0 Å². The molecule has 4 heteroatoms. The van der Waals surface area contributed by atoms with Crippen LogP contribution < -0.4 is 0 Å². The molecule has 90 valence electrons. The number of allylic oxidation sites excluding steroid dienone is 2. The monoisotopic (exact) mass is 254 g/mol. The van der Waals surface area contributed by atoms with Gasteiger partial charge in [0.1, 0.15) is 11.9 Å². The number of carbonyl (C=O) groups excluding carboxylic acids is 2. The maximum atomic E-state index is 10.6. The summed E-state index contributed by atoms with van der Waals surface area (Å²) in [4.78, 5) is 21.3. The Hall–Kier alpha value is -0.666. The van der Waals surface area contributed by atoms with Crippen LogP contribution in [-0.2, 0) is 9.59 Å². The van der Waals surface area contributed by atoms with E-state index in [1.165, 1.54) is 0 Å². The van der Waals surface area contributed by atoms with Crippen LogP contribution in [0.25, 0.3) is 0 Å². The van der Waals surface area contributed by atoms with Gasteiger partial charge in [-0.2, -0.15) is 0 Å². The van der Waals surface area contributed by atoms with Gasteiger partial charge in [0.25, 0.3) is 0 Å². The molecule has 2 nitrogen and oxygen atoms in total. The average Bonchev–Trinajstić information content (AvgIpc) is 2.07. The van der Waals surface area contributed by atoms with E-state index in [1.54, 1.807) is 12.2 Å². The Morgan fingerprint density at radius 1 is 0.750 bits per heavy atom. The van der Waals surface area contributed by atoms with Crippen LogP contribution in [-0.4, -0.2) is 28.0 Å². The van der Waals surface area contributed by atoms with Crippen LogP contribution in [0.1, 0.15) is 0 Å². The predicted molar refractivity (Wildman–Crippen MR) is 74.7 cm³/mol. The highest BCUT2D eigenvalue weighted by Crippen LogP contribution is 2.41. The molecule has 0 aromatic heterocycles. The van der Waals surface area contributed by atoms with E-state index in [0.29, 0.717) is 0 Å². The molecule has 0 heterocycles. The van der Waals surface area contributed by atoms with Crippen molar-refractivity contribution in [1.82, 2.24) is 0 Å². The van der Waals surface area contributed by atoms with Crippen LogP contribution >= 0.6 is 0 Å². The second-order valence-electron chi connectivity index (χ2n) is 6.35. The summed E-state index contributed by atoms with van der Waals surface area (Å²) in [6, 6.07) is 0. The second kappa shape index (κ2) is 5.60. The molecule has 0 amide bonds. The first-order valence-corrected chi connectivity index (χ1v) is 12.7. The maximum absolute atomic E-state index is 10.6. The molecule has 0 aromatic rings. The molecule has 0 rings (SSSR count). The van der Waals surface area contributed by atoms with Crippen molar-refractivity contribution in [3.8, 4) is 0 Å². The van der Waals surface area contributed by atoms with Gasteiger partial charge in [-0.3, -0.25) is 0 Å². The van der Waals surface area contributed by atoms with E-state index < -0.39 is 16.1 Å². The summed E-state index contributed by atoms with van der Waals surface area (Å²) >= 11 is 0. The summed E-state index contributed by atoms with van der Waals surface area (Å²) < 4.78 is 0. The lowest BCUT2D eigenvalue weighted by Crippen LogP contribution is -2.39. The van der Waals surface area contributed by atoms with Crippen molar-refractivity contribution in [2.75, 3.05) is 0 Å². The lowest BCUT2D eigenvalue weighted by molar-refractivity contribution is 0.566. The molecule has 16 heavy (non-hydrogen) atoms. The standard InChI is InChI=1S/C12H22O2Si2/c1-15(2,3)11(7-9-13)12(8-10-14)16(4,5)6/h7-8,11-12H,1-6H3. The third kappa shape index (κ3) is 4.46. The molecule has 0 fully saturated rings. The highest BCUT2D eigenvalue weighted by molar-refractivity contribution is 6.84. The van der Waals surface area contributed by atoms with Gasteiger partial charge < -0.3 is 0 Å². The summed E-state index contributed by atoms with van der Waals surface area (Å²) in [5, 5.41) is 0. The van der Waals surface area contributed by atoms with Gasteiger partial charge >= 0.3 is 0 Å². The third-order valence-electron chi connectivity index (χ3n) is 2.88. The van der Waals surface area contributed by atoms with E-state index in [1.807, 2.05) is 11.9 Å². The largest absolute Gasteiger partial charge is 0.234 e. The predicted octanol–water partition coefficient (Wildman–Crippen LogP) is 3.18. The van der Waals surface area contributed by atoms with Gasteiger partial charge in [-0.15, -0.1) is 0 Å².